The van der Waals surface area contributed by atoms with Gasteiger partial charge >= 0.3 is 5.97 Å². The van der Waals surface area contributed by atoms with Crippen molar-refractivity contribution in [3.8, 4) is 0 Å². The minimum Gasteiger partial charge on any atom is -0.478 e. The van der Waals surface area contributed by atoms with Crippen molar-refractivity contribution in [2.45, 2.75) is 17.4 Å². The van der Waals surface area contributed by atoms with E-state index in [1.165, 1.54) is 17.4 Å². The summed E-state index contributed by atoms with van der Waals surface area (Å²) < 4.78 is 31.8. The summed E-state index contributed by atoms with van der Waals surface area (Å²) in [7, 11) is -2.36. The maximum atomic E-state index is 12.6. The van der Waals surface area contributed by atoms with Crippen LogP contribution in [0.15, 0.2) is 21.5 Å². The van der Waals surface area contributed by atoms with Gasteiger partial charge in [0.25, 0.3) is 0 Å². The number of carboxylic acids is 1. The lowest BCUT2D eigenvalue weighted by Crippen LogP contribution is -2.37. The molecule has 0 spiro atoms. The van der Waals surface area contributed by atoms with Gasteiger partial charge in [-0.1, -0.05) is 11.6 Å². The molecule has 9 heteroatoms. The van der Waals surface area contributed by atoms with Crippen LogP contribution in [0.3, 0.4) is 0 Å². The molecule has 0 radical (unpaired) electrons. The molecule has 116 valence electrons. The Morgan fingerprint density at radius 2 is 2.19 bits per heavy atom. The predicted molar refractivity (Wildman–Crippen MR) is 80.3 cm³/mol. The van der Waals surface area contributed by atoms with E-state index in [0.29, 0.717) is 19.6 Å². The zero-order chi connectivity index (χ0) is 15.8. The second kappa shape index (κ2) is 6.21. The minimum atomic E-state index is -3.82. The lowest BCUT2D eigenvalue weighted by molar-refractivity contribution is 0.0696. The van der Waals surface area contributed by atoms with E-state index >= 15 is 0 Å². The van der Waals surface area contributed by atoms with E-state index in [2.05, 4.69) is 15.9 Å². The molecular formula is C12H13BrClNO5S. The highest BCUT2D eigenvalue weighted by atomic mass is 79.9. The Kier molecular flexibility index (Phi) is 4.94. The van der Waals surface area contributed by atoms with Crippen molar-refractivity contribution in [3.63, 3.8) is 0 Å². The van der Waals surface area contributed by atoms with E-state index in [-0.39, 0.29) is 26.0 Å². The summed E-state index contributed by atoms with van der Waals surface area (Å²) in [5.74, 6) is -1.29. The van der Waals surface area contributed by atoms with Crippen molar-refractivity contribution in [1.82, 2.24) is 4.31 Å². The fourth-order valence-corrected chi connectivity index (χ4v) is 4.27. The standard InChI is InChI=1S/C12H13BrClNO5S/c1-15(7-2-3-20-6-7)21(18,19)8-4-9(12(16)17)11(14)10(13)5-8/h4-5,7H,2-3,6H2,1H3,(H,16,17). The van der Waals surface area contributed by atoms with Gasteiger partial charge in [-0.25, -0.2) is 13.2 Å². The number of sulfonamides is 1. The SMILES string of the molecule is CN(C1CCOC1)S(=O)(=O)c1cc(Br)c(Cl)c(C(=O)O)c1. The van der Waals surface area contributed by atoms with Crippen LogP contribution >= 0.6 is 27.5 Å². The third kappa shape index (κ3) is 3.24. The van der Waals surface area contributed by atoms with Crippen LogP contribution in [0.1, 0.15) is 16.8 Å². The fraction of sp³-hybridized carbons (Fsp3) is 0.417. The summed E-state index contributed by atoms with van der Waals surface area (Å²) in [6.07, 6.45) is 0.607. The van der Waals surface area contributed by atoms with Crippen molar-refractivity contribution in [3.05, 3.63) is 27.2 Å². The molecule has 1 N–H and O–H groups in total. The highest BCUT2D eigenvalue weighted by Gasteiger charge is 2.32. The average molecular weight is 399 g/mol. The molecule has 1 fully saturated rings. The quantitative estimate of drug-likeness (QED) is 0.840. The molecule has 0 aliphatic carbocycles. The molecule has 0 amide bonds. The van der Waals surface area contributed by atoms with E-state index in [9.17, 15) is 13.2 Å². The van der Waals surface area contributed by atoms with Crippen LogP contribution in [0.4, 0.5) is 0 Å². The minimum absolute atomic E-state index is 0.0340. The highest BCUT2D eigenvalue weighted by Crippen LogP contribution is 2.31. The van der Waals surface area contributed by atoms with Crippen molar-refractivity contribution >= 4 is 43.5 Å². The van der Waals surface area contributed by atoms with Gasteiger partial charge in [0.2, 0.25) is 10.0 Å². The smallest absolute Gasteiger partial charge is 0.337 e. The number of benzene rings is 1. The number of likely N-dealkylation sites (N-methyl/N-ethyl adjacent to an activating group) is 1. The molecule has 1 atom stereocenters. The molecule has 21 heavy (non-hydrogen) atoms. The Morgan fingerprint density at radius 1 is 1.52 bits per heavy atom. The highest BCUT2D eigenvalue weighted by molar-refractivity contribution is 9.10. The van der Waals surface area contributed by atoms with Crippen LogP contribution in [0.2, 0.25) is 5.02 Å². The largest absolute Gasteiger partial charge is 0.478 e. The molecular weight excluding hydrogens is 386 g/mol. The number of hydrogen-bond donors (Lipinski definition) is 1. The van der Waals surface area contributed by atoms with Gasteiger partial charge in [-0.2, -0.15) is 4.31 Å². The Balaban J connectivity index is 2.47. The number of carbonyl (C=O) groups is 1. The van der Waals surface area contributed by atoms with Gasteiger partial charge in [0, 0.05) is 18.1 Å². The molecule has 0 bridgehead atoms. The van der Waals surface area contributed by atoms with Crippen LogP contribution in [0, 0.1) is 0 Å². The summed E-state index contributed by atoms with van der Waals surface area (Å²) >= 11 is 8.95. The second-order valence-electron chi connectivity index (χ2n) is 4.61. The number of rotatable bonds is 4. The summed E-state index contributed by atoms with van der Waals surface area (Å²) in [4.78, 5) is 11.0. The predicted octanol–water partition coefficient (Wildman–Crippen LogP) is 2.21. The van der Waals surface area contributed by atoms with Gasteiger partial charge < -0.3 is 9.84 Å². The van der Waals surface area contributed by atoms with E-state index < -0.39 is 16.0 Å². The summed E-state index contributed by atoms with van der Waals surface area (Å²) in [5.41, 5.74) is -0.263. The van der Waals surface area contributed by atoms with Gasteiger partial charge in [-0.05, 0) is 34.5 Å². The van der Waals surface area contributed by atoms with Crippen LogP contribution in [-0.4, -0.2) is 50.1 Å². The van der Waals surface area contributed by atoms with E-state index in [1.54, 1.807) is 0 Å². The molecule has 1 aliphatic rings. The zero-order valence-electron chi connectivity index (χ0n) is 11.0. The van der Waals surface area contributed by atoms with Gasteiger partial charge in [-0.15, -0.1) is 0 Å². The monoisotopic (exact) mass is 397 g/mol. The first-order valence-corrected chi connectivity index (χ1v) is 8.64. The van der Waals surface area contributed by atoms with Crippen LogP contribution < -0.4 is 0 Å². The summed E-state index contributed by atoms with van der Waals surface area (Å²) in [5, 5.41) is 9.06. The number of hydrogen-bond acceptors (Lipinski definition) is 4. The first-order chi connectivity index (χ1) is 9.75. The molecule has 1 unspecified atom stereocenters. The maximum absolute atomic E-state index is 12.6. The lowest BCUT2D eigenvalue weighted by atomic mass is 10.2. The zero-order valence-corrected chi connectivity index (χ0v) is 14.2. The van der Waals surface area contributed by atoms with E-state index in [4.69, 9.17) is 21.4 Å². The van der Waals surface area contributed by atoms with Crippen molar-refractivity contribution in [2.75, 3.05) is 20.3 Å². The van der Waals surface area contributed by atoms with Gasteiger partial charge in [-0.3, -0.25) is 0 Å². The number of carboxylic acid groups (broad SMARTS) is 1. The van der Waals surface area contributed by atoms with Crippen molar-refractivity contribution in [2.24, 2.45) is 0 Å². The second-order valence-corrected chi connectivity index (χ2v) is 7.84. The van der Waals surface area contributed by atoms with Gasteiger partial charge in [0.15, 0.2) is 0 Å². The van der Waals surface area contributed by atoms with Crippen LogP contribution in [-0.2, 0) is 14.8 Å². The maximum Gasteiger partial charge on any atom is 0.337 e. The average Bonchev–Trinajstić information content (AvgIpc) is 2.94. The Morgan fingerprint density at radius 3 is 2.71 bits per heavy atom. The number of aromatic carboxylic acids is 1. The normalized spacial score (nSPS) is 19.1. The molecule has 1 aromatic rings. The molecule has 2 rings (SSSR count). The topological polar surface area (TPSA) is 83.9 Å². The van der Waals surface area contributed by atoms with Crippen LogP contribution in [0.25, 0.3) is 0 Å². The van der Waals surface area contributed by atoms with Crippen LogP contribution in [0.5, 0.6) is 0 Å². The van der Waals surface area contributed by atoms with Gasteiger partial charge in [0.1, 0.15) is 0 Å². The first kappa shape index (κ1) is 16.7. The first-order valence-electron chi connectivity index (χ1n) is 6.03. The van der Waals surface area contributed by atoms with E-state index in [1.807, 2.05) is 0 Å². The number of nitrogens with zero attached hydrogens (tertiary/aromatic N) is 1. The molecule has 1 heterocycles. The third-order valence-corrected chi connectivity index (χ3v) is 6.48. The summed E-state index contributed by atoms with van der Waals surface area (Å²) in [6, 6.07) is 2.12. The van der Waals surface area contributed by atoms with Crippen molar-refractivity contribution in [1.29, 1.82) is 0 Å². The number of ether oxygens (including phenoxy) is 1. The lowest BCUT2D eigenvalue weighted by Gasteiger charge is -2.23. The molecule has 0 aromatic heterocycles. The van der Waals surface area contributed by atoms with Gasteiger partial charge in [0.05, 0.1) is 28.1 Å². The summed E-state index contributed by atoms with van der Waals surface area (Å²) in [6.45, 7) is 0.839. The molecule has 0 saturated carbocycles. The third-order valence-electron chi connectivity index (χ3n) is 3.33. The molecule has 1 aliphatic heterocycles. The molecule has 1 saturated heterocycles. The molecule has 6 nitrogen and oxygen atoms in total. The number of halogens is 2. The molecule has 1 aromatic carbocycles. The Hall–Kier alpha value is -0.670. The van der Waals surface area contributed by atoms with Crippen molar-refractivity contribution < 1.29 is 23.1 Å². The Bertz CT molecular complexity index is 672. The Labute approximate surface area is 135 Å². The van der Waals surface area contributed by atoms with E-state index in [0.717, 1.165) is 6.07 Å². The fourth-order valence-electron chi connectivity index (χ4n) is 2.04.